The van der Waals surface area contributed by atoms with E-state index in [9.17, 15) is 32.3 Å². The fourth-order valence-corrected chi connectivity index (χ4v) is 3.98. The van der Waals surface area contributed by atoms with Crippen LogP contribution in [0.2, 0.25) is 5.02 Å². The number of anilines is 1. The number of imide groups is 1. The summed E-state index contributed by atoms with van der Waals surface area (Å²) >= 11 is 5.92. The maximum atomic E-state index is 14.5. The van der Waals surface area contributed by atoms with E-state index in [2.05, 4.69) is 4.99 Å². The maximum absolute atomic E-state index is 14.5. The summed E-state index contributed by atoms with van der Waals surface area (Å²) in [6.45, 7) is 0. The molecule has 13 heteroatoms. The van der Waals surface area contributed by atoms with Crippen LogP contribution in [0, 0.1) is 5.92 Å². The molecule has 0 bridgehead atoms. The lowest BCUT2D eigenvalue weighted by molar-refractivity contribution is -0.201. The summed E-state index contributed by atoms with van der Waals surface area (Å²) < 4.78 is 48.4. The first-order valence-corrected chi connectivity index (χ1v) is 9.95. The first kappa shape index (κ1) is 23.2. The first-order chi connectivity index (χ1) is 16.0. The highest BCUT2D eigenvalue weighted by atomic mass is 35.5. The monoisotopic (exact) mass is 494 g/mol. The van der Waals surface area contributed by atoms with Crippen LogP contribution in [0.4, 0.5) is 23.7 Å². The second-order valence-corrected chi connectivity index (χ2v) is 7.68. The molecule has 2 heterocycles. The summed E-state index contributed by atoms with van der Waals surface area (Å²) in [5.74, 6) is -7.44. The first-order valence-electron chi connectivity index (χ1n) is 9.57. The average molecular weight is 495 g/mol. The van der Waals surface area contributed by atoms with Gasteiger partial charge in [0, 0.05) is 0 Å². The van der Waals surface area contributed by atoms with E-state index in [1.807, 2.05) is 0 Å². The third-order valence-corrected chi connectivity index (χ3v) is 5.71. The predicted molar refractivity (Wildman–Crippen MR) is 113 cm³/mol. The molecule has 1 saturated heterocycles. The highest BCUT2D eigenvalue weighted by molar-refractivity contribution is 6.36. The number of urea groups is 1. The van der Waals surface area contributed by atoms with Crippen LogP contribution in [0.1, 0.15) is 10.4 Å². The lowest BCUT2D eigenvalue weighted by atomic mass is 9.81. The Bertz CT molecular complexity index is 1250. The molecule has 5 amide bonds. The number of nitrogens with zero attached hydrogens (tertiary/aromatic N) is 2. The van der Waals surface area contributed by atoms with Crippen LogP contribution in [0.5, 0.6) is 5.75 Å². The number of benzene rings is 2. The second-order valence-electron chi connectivity index (χ2n) is 7.28. The van der Waals surface area contributed by atoms with Gasteiger partial charge in [-0.2, -0.15) is 18.2 Å². The summed E-state index contributed by atoms with van der Waals surface area (Å²) in [5.41, 5.74) is -4.11. The third-order valence-electron chi connectivity index (χ3n) is 5.38. The Balaban J connectivity index is 1.82. The zero-order chi connectivity index (χ0) is 24.8. The molecule has 2 aromatic carbocycles. The van der Waals surface area contributed by atoms with Gasteiger partial charge in [-0.15, -0.1) is 0 Å². The van der Waals surface area contributed by atoms with E-state index in [0.29, 0.717) is 10.6 Å². The van der Waals surface area contributed by atoms with Gasteiger partial charge < -0.3 is 10.1 Å². The molecule has 2 aliphatic heterocycles. The molecule has 2 unspecified atom stereocenters. The molecular weight excluding hydrogens is 481 g/mol. The summed E-state index contributed by atoms with van der Waals surface area (Å²) in [5, 5.41) is 3.27. The van der Waals surface area contributed by atoms with Crippen LogP contribution >= 0.6 is 11.6 Å². The summed E-state index contributed by atoms with van der Waals surface area (Å²) in [6, 6.07) is 9.60. The van der Waals surface area contributed by atoms with E-state index in [0.717, 1.165) is 6.07 Å². The van der Waals surface area contributed by atoms with Gasteiger partial charge >= 0.3 is 12.2 Å². The lowest BCUT2D eigenvalue weighted by Gasteiger charge is -2.39. The van der Waals surface area contributed by atoms with E-state index in [1.165, 1.54) is 49.6 Å². The van der Waals surface area contributed by atoms with Gasteiger partial charge in [0.05, 0.1) is 23.4 Å². The van der Waals surface area contributed by atoms with Crippen molar-refractivity contribution < 1.29 is 37.1 Å². The van der Waals surface area contributed by atoms with Crippen LogP contribution in [0.25, 0.3) is 0 Å². The Kier molecular flexibility index (Phi) is 5.56. The fourth-order valence-electron chi connectivity index (χ4n) is 3.76. The highest BCUT2D eigenvalue weighted by Crippen LogP contribution is 2.44. The SMILES string of the molecule is COc1ccc(N2C(=O)NC(=O)C3C2=NC(=O)C3(NC(=O)c2ccccc2Cl)C(F)(F)F)cc1. The molecule has 4 rings (SSSR count). The van der Waals surface area contributed by atoms with Gasteiger partial charge in [0.25, 0.3) is 11.8 Å². The van der Waals surface area contributed by atoms with Gasteiger partial charge in [-0.05, 0) is 36.4 Å². The van der Waals surface area contributed by atoms with Crippen molar-refractivity contribution in [3.63, 3.8) is 0 Å². The predicted octanol–water partition coefficient (Wildman–Crippen LogP) is 2.69. The molecule has 0 aromatic heterocycles. The van der Waals surface area contributed by atoms with Crippen LogP contribution in [0.3, 0.4) is 0 Å². The van der Waals surface area contributed by atoms with Gasteiger partial charge in [-0.25, -0.2) is 9.69 Å². The molecule has 0 radical (unpaired) electrons. The standard InChI is InChI=1S/C21H14ClF3N4O5/c1-34-11-8-6-10(7-9-11)29-15-14(17(31)27-19(29)33)20(18(32)26-15,21(23,24)25)28-16(30)12-4-2-3-5-13(12)22/h2-9,14H,1H3,(H,28,30)(H,27,31,33). The van der Waals surface area contributed by atoms with E-state index in [4.69, 9.17) is 16.3 Å². The van der Waals surface area contributed by atoms with Gasteiger partial charge in [0.15, 0.2) is 0 Å². The molecule has 0 spiro atoms. The largest absolute Gasteiger partial charge is 0.497 e. The van der Waals surface area contributed by atoms with Crippen LogP contribution in [0.15, 0.2) is 53.5 Å². The molecule has 34 heavy (non-hydrogen) atoms. The number of hydrogen-bond donors (Lipinski definition) is 2. The van der Waals surface area contributed by atoms with Crippen molar-refractivity contribution in [2.24, 2.45) is 10.9 Å². The smallest absolute Gasteiger partial charge is 0.422 e. The Labute approximate surface area is 194 Å². The normalized spacial score (nSPS) is 22.1. The number of amidine groups is 1. The van der Waals surface area contributed by atoms with Crippen molar-refractivity contribution in [2.45, 2.75) is 11.7 Å². The molecule has 9 nitrogen and oxygen atoms in total. The number of hydrogen-bond acceptors (Lipinski definition) is 5. The minimum Gasteiger partial charge on any atom is -0.497 e. The minimum absolute atomic E-state index is 0.0118. The number of aliphatic imine (C=N–C) groups is 1. The molecule has 2 N–H and O–H groups in total. The van der Waals surface area contributed by atoms with Crippen LogP contribution in [-0.2, 0) is 9.59 Å². The van der Waals surface area contributed by atoms with Crippen molar-refractivity contribution in [2.75, 3.05) is 12.0 Å². The molecule has 0 aliphatic carbocycles. The molecular formula is C21H14ClF3N4O5. The van der Waals surface area contributed by atoms with Crippen molar-refractivity contribution >= 4 is 46.9 Å². The van der Waals surface area contributed by atoms with E-state index >= 15 is 0 Å². The maximum Gasteiger partial charge on any atom is 0.422 e. The number of nitrogens with one attached hydrogen (secondary N) is 2. The zero-order valence-electron chi connectivity index (χ0n) is 17.1. The summed E-state index contributed by atoms with van der Waals surface area (Å²) in [7, 11) is 1.39. The number of rotatable bonds is 4. The molecule has 176 valence electrons. The summed E-state index contributed by atoms with van der Waals surface area (Å²) in [4.78, 5) is 54.9. The Morgan fingerprint density at radius 1 is 1.15 bits per heavy atom. The number of alkyl halides is 3. The van der Waals surface area contributed by atoms with Crippen molar-refractivity contribution in [1.82, 2.24) is 10.6 Å². The Morgan fingerprint density at radius 2 is 1.79 bits per heavy atom. The van der Waals surface area contributed by atoms with Gasteiger partial charge in [-0.3, -0.25) is 19.7 Å². The number of carbonyl (C=O) groups is 4. The van der Waals surface area contributed by atoms with Crippen molar-refractivity contribution in [3.05, 3.63) is 59.1 Å². The molecule has 1 fully saturated rings. The second kappa shape index (κ2) is 8.13. The minimum atomic E-state index is -5.47. The number of halogens is 4. The molecule has 2 atom stereocenters. The van der Waals surface area contributed by atoms with Crippen LogP contribution in [-0.4, -0.2) is 48.4 Å². The van der Waals surface area contributed by atoms with E-state index in [-0.39, 0.29) is 16.3 Å². The highest BCUT2D eigenvalue weighted by Gasteiger charge is 2.74. The lowest BCUT2D eigenvalue weighted by Crippen LogP contribution is -2.72. The summed E-state index contributed by atoms with van der Waals surface area (Å²) in [6.07, 6.45) is -5.47. The third kappa shape index (κ3) is 3.46. The fraction of sp³-hybridized carbons (Fsp3) is 0.190. The number of methoxy groups -OCH3 is 1. The van der Waals surface area contributed by atoms with Gasteiger partial charge in [-0.1, -0.05) is 23.7 Å². The number of fused-ring (bicyclic) bond motifs is 1. The topological polar surface area (TPSA) is 117 Å². The van der Waals surface area contributed by atoms with Crippen molar-refractivity contribution in [1.29, 1.82) is 0 Å². The van der Waals surface area contributed by atoms with Crippen LogP contribution < -0.4 is 20.3 Å². The van der Waals surface area contributed by atoms with Gasteiger partial charge in [0.2, 0.25) is 11.4 Å². The molecule has 2 aromatic rings. The van der Waals surface area contributed by atoms with E-state index < -0.39 is 47.2 Å². The average Bonchev–Trinajstić information content (AvgIpc) is 3.07. The van der Waals surface area contributed by atoms with E-state index in [1.54, 1.807) is 10.6 Å². The number of ether oxygens (including phenoxy) is 1. The van der Waals surface area contributed by atoms with Crippen molar-refractivity contribution in [3.8, 4) is 5.75 Å². The Morgan fingerprint density at radius 3 is 2.38 bits per heavy atom. The number of carbonyl (C=O) groups excluding carboxylic acids is 4. The quantitative estimate of drug-likeness (QED) is 0.678. The number of amides is 5. The van der Waals surface area contributed by atoms with Gasteiger partial charge in [0.1, 0.15) is 17.5 Å². The molecule has 2 aliphatic rings. The zero-order valence-corrected chi connectivity index (χ0v) is 17.9. The Hall–Kier alpha value is -3.93. The molecule has 0 saturated carbocycles.